The zero-order valence-corrected chi connectivity index (χ0v) is 18.7. The highest BCUT2D eigenvalue weighted by molar-refractivity contribution is 7.21. The van der Waals surface area contributed by atoms with Gasteiger partial charge in [0, 0.05) is 27.4 Å². The van der Waals surface area contributed by atoms with Gasteiger partial charge in [-0.15, -0.1) is 22.7 Å². The summed E-state index contributed by atoms with van der Waals surface area (Å²) in [6, 6.07) is 14.5. The van der Waals surface area contributed by atoms with E-state index in [0.29, 0.717) is 25.7 Å². The quantitative estimate of drug-likeness (QED) is 0.300. The number of benzene rings is 2. The molecule has 0 spiro atoms. The molecule has 2 aromatic carbocycles. The minimum atomic E-state index is -0.529. The number of hydrogen-bond acceptors (Lipinski definition) is 6. The van der Waals surface area contributed by atoms with Crippen molar-refractivity contribution in [1.82, 2.24) is 4.98 Å². The van der Waals surface area contributed by atoms with Crippen LogP contribution in [0, 0.1) is 0 Å². The molecule has 0 fully saturated rings. The molecular weight excluding hydrogens is 463 g/mol. The smallest absolute Gasteiger partial charge is 0.350 e. The Bertz CT molecular complexity index is 1240. The summed E-state index contributed by atoms with van der Waals surface area (Å²) >= 11 is 14.9. The van der Waals surface area contributed by atoms with Crippen molar-refractivity contribution < 1.29 is 14.3 Å². The number of carbonyl (C=O) groups is 2. The molecular formula is C21H14Cl2N2O3S2. The van der Waals surface area contributed by atoms with Crippen molar-refractivity contribution in [1.29, 1.82) is 0 Å². The van der Waals surface area contributed by atoms with Gasteiger partial charge < -0.3 is 4.74 Å². The molecule has 1 amide bonds. The summed E-state index contributed by atoms with van der Waals surface area (Å²) in [7, 11) is 0. The summed E-state index contributed by atoms with van der Waals surface area (Å²) in [5.74, 6) is -0.687. The van der Waals surface area contributed by atoms with Crippen molar-refractivity contribution >= 4 is 78.7 Å². The summed E-state index contributed by atoms with van der Waals surface area (Å²) in [6.07, 6.45) is 0. The van der Waals surface area contributed by atoms with Gasteiger partial charge in [-0.05, 0) is 24.3 Å². The first-order chi connectivity index (χ1) is 14.4. The van der Waals surface area contributed by atoms with Gasteiger partial charge >= 0.3 is 5.97 Å². The van der Waals surface area contributed by atoms with Crippen LogP contribution in [0.15, 0.2) is 53.9 Å². The molecule has 0 atom stereocenters. The Morgan fingerprint density at radius 2 is 1.90 bits per heavy atom. The fourth-order valence-electron chi connectivity index (χ4n) is 2.84. The first-order valence-electron chi connectivity index (χ1n) is 8.79. The number of nitrogens with zero attached hydrogens (tertiary/aromatic N) is 2. The monoisotopic (exact) mass is 476 g/mol. The van der Waals surface area contributed by atoms with E-state index in [-0.39, 0.29) is 12.5 Å². The number of fused-ring (bicyclic) bond motifs is 1. The maximum absolute atomic E-state index is 12.5. The van der Waals surface area contributed by atoms with Gasteiger partial charge in [-0.1, -0.05) is 47.5 Å². The third-order valence-electron chi connectivity index (χ3n) is 4.19. The molecule has 9 heteroatoms. The number of carbonyl (C=O) groups excluding carboxylic acids is 2. The first kappa shape index (κ1) is 20.8. The molecule has 4 rings (SSSR count). The molecule has 0 saturated carbocycles. The van der Waals surface area contributed by atoms with Gasteiger partial charge in [0.05, 0.1) is 16.4 Å². The summed E-state index contributed by atoms with van der Waals surface area (Å²) in [6.45, 7) is 1.45. The van der Waals surface area contributed by atoms with Crippen molar-refractivity contribution in [3.8, 4) is 0 Å². The molecule has 152 valence electrons. The Morgan fingerprint density at radius 1 is 1.13 bits per heavy atom. The predicted molar refractivity (Wildman–Crippen MR) is 122 cm³/mol. The molecule has 0 aliphatic heterocycles. The number of hydrogen-bond donors (Lipinski definition) is 0. The van der Waals surface area contributed by atoms with E-state index in [4.69, 9.17) is 27.9 Å². The number of esters is 1. The van der Waals surface area contributed by atoms with Gasteiger partial charge in [-0.2, -0.15) is 0 Å². The number of halogens is 2. The second-order valence-corrected chi connectivity index (χ2v) is 8.98. The molecule has 0 aliphatic carbocycles. The average Bonchev–Trinajstić information content (AvgIpc) is 3.31. The first-order valence-corrected chi connectivity index (χ1v) is 11.2. The number of rotatable bonds is 5. The van der Waals surface area contributed by atoms with Crippen LogP contribution in [0.3, 0.4) is 0 Å². The second kappa shape index (κ2) is 8.73. The predicted octanol–water partition coefficient (Wildman–Crippen LogP) is 6.71. The number of amides is 1. The van der Waals surface area contributed by atoms with Crippen molar-refractivity contribution in [3.05, 3.63) is 74.5 Å². The third kappa shape index (κ3) is 4.20. The van der Waals surface area contributed by atoms with Crippen LogP contribution in [0.25, 0.3) is 10.1 Å². The Labute approximate surface area is 190 Å². The van der Waals surface area contributed by atoms with Gasteiger partial charge in [-0.3, -0.25) is 9.69 Å². The lowest BCUT2D eigenvalue weighted by molar-refractivity contribution is -0.115. The molecule has 0 unspecified atom stereocenters. The SMILES string of the molecule is CC(=O)N(c1ccccc1)c1nc(COC(=O)c2sc3cc(Cl)ccc3c2Cl)cs1. The minimum absolute atomic E-state index is 0.0266. The van der Waals surface area contributed by atoms with Crippen molar-refractivity contribution in [3.63, 3.8) is 0 Å². The Kier molecular flexibility index (Phi) is 6.06. The molecule has 0 bridgehead atoms. The lowest BCUT2D eigenvalue weighted by Crippen LogP contribution is -2.22. The molecule has 2 aromatic heterocycles. The molecule has 0 saturated heterocycles. The average molecular weight is 477 g/mol. The lowest BCUT2D eigenvalue weighted by atomic mass is 10.2. The standard InChI is InChI=1S/C21H14Cl2N2O3S2/c1-12(26)25(15-5-3-2-4-6-15)21-24-14(11-29-21)10-28-20(27)19-18(23)16-8-7-13(22)9-17(16)30-19/h2-9,11H,10H2,1H3. The van der Waals surface area contributed by atoms with E-state index >= 15 is 0 Å². The molecule has 4 aromatic rings. The van der Waals surface area contributed by atoms with Gasteiger partial charge in [-0.25, -0.2) is 9.78 Å². The van der Waals surface area contributed by atoms with E-state index in [1.807, 2.05) is 30.3 Å². The van der Waals surface area contributed by atoms with Crippen molar-refractivity contribution in [2.75, 3.05) is 4.90 Å². The van der Waals surface area contributed by atoms with Gasteiger partial charge in [0.25, 0.3) is 0 Å². The van der Waals surface area contributed by atoms with E-state index in [9.17, 15) is 9.59 Å². The zero-order chi connectivity index (χ0) is 21.3. The largest absolute Gasteiger partial charge is 0.455 e. The summed E-state index contributed by atoms with van der Waals surface area (Å²) in [5, 5.41) is 3.95. The van der Waals surface area contributed by atoms with Crippen LogP contribution in [0.5, 0.6) is 0 Å². The third-order valence-corrected chi connectivity index (χ3v) is 6.94. The van der Waals surface area contributed by atoms with Gasteiger partial charge in [0.1, 0.15) is 11.5 Å². The molecule has 2 heterocycles. The van der Waals surface area contributed by atoms with E-state index in [0.717, 1.165) is 15.8 Å². The Balaban J connectivity index is 1.50. The highest BCUT2D eigenvalue weighted by atomic mass is 35.5. The van der Waals surface area contributed by atoms with Crippen LogP contribution in [0.4, 0.5) is 10.8 Å². The molecule has 0 aliphatic rings. The normalized spacial score (nSPS) is 10.9. The lowest BCUT2D eigenvalue weighted by Gasteiger charge is -2.17. The number of para-hydroxylation sites is 1. The van der Waals surface area contributed by atoms with E-state index in [2.05, 4.69) is 4.98 Å². The molecule has 5 nitrogen and oxygen atoms in total. The zero-order valence-electron chi connectivity index (χ0n) is 15.6. The Hall–Kier alpha value is -2.45. The van der Waals surface area contributed by atoms with Crippen LogP contribution in [-0.4, -0.2) is 16.9 Å². The second-order valence-electron chi connectivity index (χ2n) is 6.27. The summed E-state index contributed by atoms with van der Waals surface area (Å²) < 4.78 is 6.22. The summed E-state index contributed by atoms with van der Waals surface area (Å²) in [5.41, 5.74) is 1.27. The number of anilines is 2. The van der Waals surface area contributed by atoms with E-state index in [1.54, 1.807) is 23.6 Å². The number of thiophene rings is 1. The highest BCUT2D eigenvalue weighted by Gasteiger charge is 2.21. The van der Waals surface area contributed by atoms with E-state index in [1.165, 1.54) is 34.5 Å². The van der Waals surface area contributed by atoms with Crippen LogP contribution in [0.1, 0.15) is 22.3 Å². The Morgan fingerprint density at radius 3 is 2.63 bits per heavy atom. The van der Waals surface area contributed by atoms with Gasteiger partial charge in [0.2, 0.25) is 5.91 Å². The number of ether oxygens (including phenoxy) is 1. The fourth-order valence-corrected chi connectivity index (χ4v) is 5.39. The highest BCUT2D eigenvalue weighted by Crippen LogP contribution is 2.37. The van der Waals surface area contributed by atoms with Crippen molar-refractivity contribution in [2.24, 2.45) is 0 Å². The van der Waals surface area contributed by atoms with E-state index < -0.39 is 5.97 Å². The molecule has 0 N–H and O–H groups in total. The molecule has 0 radical (unpaired) electrons. The van der Waals surface area contributed by atoms with Crippen molar-refractivity contribution in [2.45, 2.75) is 13.5 Å². The van der Waals surface area contributed by atoms with Gasteiger partial charge in [0.15, 0.2) is 5.13 Å². The topological polar surface area (TPSA) is 59.5 Å². The maximum Gasteiger partial charge on any atom is 0.350 e. The van der Waals surface area contributed by atoms with Crippen LogP contribution in [-0.2, 0) is 16.1 Å². The van der Waals surface area contributed by atoms with Crippen LogP contribution < -0.4 is 4.90 Å². The number of aromatic nitrogens is 1. The van der Waals surface area contributed by atoms with Crippen LogP contribution in [0.2, 0.25) is 10.0 Å². The van der Waals surface area contributed by atoms with Crippen LogP contribution >= 0.6 is 45.9 Å². The number of thiazole rings is 1. The molecule has 30 heavy (non-hydrogen) atoms. The summed E-state index contributed by atoms with van der Waals surface area (Å²) in [4.78, 5) is 31.0. The maximum atomic E-state index is 12.5. The fraction of sp³-hybridized carbons (Fsp3) is 0.0952. The minimum Gasteiger partial charge on any atom is -0.455 e.